The minimum absolute atomic E-state index is 0.0280. The molecular formula is C16H13N5O3. The van der Waals surface area contributed by atoms with Gasteiger partial charge in [0, 0.05) is 25.2 Å². The maximum Gasteiger partial charge on any atom is 0.332 e. The molecule has 8 nitrogen and oxygen atoms in total. The lowest BCUT2D eigenvalue weighted by molar-refractivity contribution is 0.477. The number of aromatic hydroxyl groups is 1. The molecule has 0 bridgehead atoms. The smallest absolute Gasteiger partial charge is 0.332 e. The van der Waals surface area contributed by atoms with Crippen LogP contribution in [0, 0.1) is 11.3 Å². The molecule has 0 atom stereocenters. The number of nitrogen functional groups attached to an aromatic ring is 1. The molecule has 24 heavy (non-hydrogen) atoms. The van der Waals surface area contributed by atoms with Crippen molar-refractivity contribution in [2.24, 2.45) is 14.1 Å². The highest BCUT2D eigenvalue weighted by Crippen LogP contribution is 2.36. The first kappa shape index (κ1) is 15.3. The Morgan fingerprint density at radius 1 is 1.21 bits per heavy atom. The van der Waals surface area contributed by atoms with E-state index in [0.717, 1.165) is 4.57 Å². The van der Waals surface area contributed by atoms with Crippen molar-refractivity contribution >= 4 is 16.9 Å². The third-order valence-corrected chi connectivity index (χ3v) is 3.90. The van der Waals surface area contributed by atoms with E-state index in [1.165, 1.54) is 24.7 Å². The molecule has 0 fully saturated rings. The van der Waals surface area contributed by atoms with Crippen LogP contribution in [0.3, 0.4) is 0 Å². The number of nitrogens with zero attached hydrogens (tertiary/aromatic N) is 4. The van der Waals surface area contributed by atoms with Gasteiger partial charge in [0.05, 0.1) is 5.39 Å². The van der Waals surface area contributed by atoms with Gasteiger partial charge in [0.15, 0.2) is 5.65 Å². The Labute approximate surface area is 135 Å². The molecular weight excluding hydrogens is 310 g/mol. The summed E-state index contributed by atoms with van der Waals surface area (Å²) in [5.41, 5.74) is 5.13. The number of hydrogen-bond donors (Lipinski definition) is 2. The molecule has 0 aliphatic heterocycles. The maximum atomic E-state index is 12.7. The average Bonchev–Trinajstić information content (AvgIpc) is 2.57. The maximum absolute atomic E-state index is 12.7. The van der Waals surface area contributed by atoms with Crippen molar-refractivity contribution in [1.82, 2.24) is 14.1 Å². The fraction of sp³-hybridized carbons (Fsp3) is 0.125. The summed E-state index contributed by atoms with van der Waals surface area (Å²) in [7, 11) is 2.79. The number of pyridine rings is 1. The minimum Gasteiger partial charge on any atom is -0.507 e. The zero-order chi connectivity index (χ0) is 17.6. The number of aryl methyl sites for hydroxylation is 1. The molecule has 0 saturated heterocycles. The third-order valence-electron chi connectivity index (χ3n) is 3.90. The van der Waals surface area contributed by atoms with Gasteiger partial charge in [-0.1, -0.05) is 18.2 Å². The summed E-state index contributed by atoms with van der Waals surface area (Å²) < 4.78 is 2.10. The van der Waals surface area contributed by atoms with Crippen LogP contribution in [0.5, 0.6) is 5.75 Å². The zero-order valence-electron chi connectivity index (χ0n) is 12.9. The Morgan fingerprint density at radius 2 is 1.88 bits per heavy atom. The number of rotatable bonds is 1. The Kier molecular flexibility index (Phi) is 3.34. The molecule has 2 heterocycles. The quantitative estimate of drug-likeness (QED) is 0.669. The van der Waals surface area contributed by atoms with Crippen LogP contribution in [0.15, 0.2) is 33.9 Å². The molecule has 0 radical (unpaired) electrons. The minimum atomic E-state index is -0.615. The highest BCUT2D eigenvalue weighted by Gasteiger charge is 2.22. The second-order valence-corrected chi connectivity index (χ2v) is 5.28. The van der Waals surface area contributed by atoms with Gasteiger partial charge in [-0.05, 0) is 6.07 Å². The number of para-hydroxylation sites is 1. The van der Waals surface area contributed by atoms with Gasteiger partial charge in [0.1, 0.15) is 23.2 Å². The van der Waals surface area contributed by atoms with Crippen molar-refractivity contribution in [3.63, 3.8) is 0 Å². The molecule has 120 valence electrons. The van der Waals surface area contributed by atoms with E-state index < -0.39 is 11.2 Å². The lowest BCUT2D eigenvalue weighted by atomic mass is 9.97. The molecule has 0 unspecified atom stereocenters. The number of hydrogen-bond acceptors (Lipinski definition) is 6. The van der Waals surface area contributed by atoms with Gasteiger partial charge in [0.2, 0.25) is 0 Å². The second-order valence-electron chi connectivity index (χ2n) is 5.28. The third kappa shape index (κ3) is 1.95. The Hall–Kier alpha value is -3.60. The Balaban J connectivity index is 2.72. The van der Waals surface area contributed by atoms with Gasteiger partial charge in [-0.2, -0.15) is 5.26 Å². The van der Waals surface area contributed by atoms with Crippen molar-refractivity contribution in [3.8, 4) is 22.9 Å². The summed E-state index contributed by atoms with van der Waals surface area (Å²) in [6.45, 7) is 0. The van der Waals surface area contributed by atoms with Crippen LogP contribution in [0.1, 0.15) is 5.56 Å². The molecule has 0 saturated carbocycles. The predicted molar refractivity (Wildman–Crippen MR) is 88.5 cm³/mol. The standard InChI is InChI=1S/C16H13N5O3/c1-20-14-12(15(23)21(2)16(20)24)11(9(7-17)13(18)19-14)8-5-3-4-6-10(8)22/h3-6,22H,1-2H3,(H2,18,19). The van der Waals surface area contributed by atoms with E-state index in [1.54, 1.807) is 18.2 Å². The van der Waals surface area contributed by atoms with E-state index >= 15 is 0 Å². The van der Waals surface area contributed by atoms with E-state index in [-0.39, 0.29) is 39.3 Å². The summed E-state index contributed by atoms with van der Waals surface area (Å²) in [5, 5.41) is 19.7. The van der Waals surface area contributed by atoms with Crippen LogP contribution in [0.25, 0.3) is 22.2 Å². The summed E-state index contributed by atoms with van der Waals surface area (Å²) in [6, 6.07) is 8.20. The molecule has 2 aromatic heterocycles. The summed E-state index contributed by atoms with van der Waals surface area (Å²) >= 11 is 0. The van der Waals surface area contributed by atoms with E-state index in [4.69, 9.17) is 5.73 Å². The first-order valence-corrected chi connectivity index (χ1v) is 6.96. The molecule has 1 aromatic carbocycles. The monoisotopic (exact) mass is 323 g/mol. The summed E-state index contributed by atoms with van der Waals surface area (Å²) in [5.74, 6) is -0.233. The topological polar surface area (TPSA) is 127 Å². The van der Waals surface area contributed by atoms with Crippen LogP contribution in [-0.2, 0) is 14.1 Å². The molecule has 8 heteroatoms. The molecule has 3 N–H and O–H groups in total. The van der Waals surface area contributed by atoms with Gasteiger partial charge >= 0.3 is 5.69 Å². The number of benzene rings is 1. The summed E-state index contributed by atoms with van der Waals surface area (Å²) in [6.07, 6.45) is 0. The first-order valence-electron chi connectivity index (χ1n) is 6.96. The fourth-order valence-electron chi connectivity index (χ4n) is 2.67. The second kappa shape index (κ2) is 5.24. The fourth-order valence-corrected chi connectivity index (χ4v) is 2.67. The van der Waals surface area contributed by atoms with Gasteiger partial charge in [0.25, 0.3) is 5.56 Å². The van der Waals surface area contributed by atoms with E-state index in [9.17, 15) is 20.0 Å². The number of fused-ring (bicyclic) bond motifs is 1. The van der Waals surface area contributed by atoms with Crippen LogP contribution >= 0.6 is 0 Å². The van der Waals surface area contributed by atoms with Crippen LogP contribution in [0.4, 0.5) is 5.82 Å². The van der Waals surface area contributed by atoms with Crippen molar-refractivity contribution in [2.75, 3.05) is 5.73 Å². The first-order chi connectivity index (χ1) is 11.4. The molecule has 3 aromatic rings. The number of phenols is 1. The lowest BCUT2D eigenvalue weighted by Gasteiger charge is -2.14. The Morgan fingerprint density at radius 3 is 2.50 bits per heavy atom. The number of nitrogens with two attached hydrogens (primary N) is 1. The molecule has 0 aliphatic rings. The summed E-state index contributed by atoms with van der Waals surface area (Å²) in [4.78, 5) is 28.8. The van der Waals surface area contributed by atoms with Crippen molar-refractivity contribution in [1.29, 1.82) is 5.26 Å². The van der Waals surface area contributed by atoms with Gasteiger partial charge in [-0.15, -0.1) is 0 Å². The van der Waals surface area contributed by atoms with Crippen LogP contribution in [-0.4, -0.2) is 19.2 Å². The van der Waals surface area contributed by atoms with Crippen LogP contribution in [0.2, 0.25) is 0 Å². The average molecular weight is 323 g/mol. The van der Waals surface area contributed by atoms with Crippen molar-refractivity contribution in [2.45, 2.75) is 0 Å². The highest BCUT2D eigenvalue weighted by molar-refractivity contribution is 5.99. The normalized spacial score (nSPS) is 10.7. The molecule has 0 aliphatic carbocycles. The highest BCUT2D eigenvalue weighted by atomic mass is 16.3. The predicted octanol–water partition coefficient (Wildman–Crippen LogP) is 0.459. The Bertz CT molecular complexity index is 1150. The molecule has 3 rings (SSSR count). The van der Waals surface area contributed by atoms with Crippen molar-refractivity contribution in [3.05, 3.63) is 50.7 Å². The van der Waals surface area contributed by atoms with Gasteiger partial charge < -0.3 is 10.8 Å². The van der Waals surface area contributed by atoms with E-state index in [2.05, 4.69) is 4.98 Å². The van der Waals surface area contributed by atoms with Gasteiger partial charge in [-0.25, -0.2) is 9.78 Å². The SMILES string of the molecule is Cn1c(=O)c2c(-c3ccccc3O)c(C#N)c(N)nc2n(C)c1=O. The molecule has 0 amide bonds. The van der Waals surface area contributed by atoms with Gasteiger partial charge in [-0.3, -0.25) is 13.9 Å². The molecule has 0 spiro atoms. The lowest BCUT2D eigenvalue weighted by Crippen LogP contribution is -2.37. The van der Waals surface area contributed by atoms with Crippen molar-refractivity contribution < 1.29 is 5.11 Å². The zero-order valence-corrected chi connectivity index (χ0v) is 12.9. The number of aromatic nitrogens is 3. The van der Waals surface area contributed by atoms with Crippen LogP contribution < -0.4 is 17.0 Å². The number of nitriles is 1. The number of anilines is 1. The van der Waals surface area contributed by atoms with E-state index in [1.807, 2.05) is 6.07 Å². The van der Waals surface area contributed by atoms with E-state index in [0.29, 0.717) is 0 Å². The number of phenolic OH excluding ortho intramolecular Hbond substituents is 1. The largest absolute Gasteiger partial charge is 0.507 e.